The third-order valence-electron chi connectivity index (χ3n) is 5.34. The van der Waals surface area contributed by atoms with Crippen LogP contribution in [0.4, 0.5) is 0 Å². The predicted octanol–water partition coefficient (Wildman–Crippen LogP) is 4.14. The van der Waals surface area contributed by atoms with Crippen molar-refractivity contribution in [3.8, 4) is 0 Å². The maximum absolute atomic E-state index is 12.0. The standard InChI is InChI=1S/C21H42N2O2/c1-8-18(14-22-15(2)3)19-11-9-17(10-12-19)13-23-16(4)20(24)25-21(5,6)7/h15-19,22-23H,8-14H2,1-7H3/t16-,17?,18?,19?/m1/s1. The molecule has 4 heteroatoms. The summed E-state index contributed by atoms with van der Waals surface area (Å²) in [5.41, 5.74) is -0.412. The summed E-state index contributed by atoms with van der Waals surface area (Å²) in [4.78, 5) is 12.0. The molecule has 0 aromatic heterocycles. The molecule has 25 heavy (non-hydrogen) atoms. The first-order chi connectivity index (χ1) is 11.6. The zero-order valence-corrected chi connectivity index (χ0v) is 17.7. The number of hydrogen-bond donors (Lipinski definition) is 2. The van der Waals surface area contributed by atoms with Gasteiger partial charge in [-0.15, -0.1) is 0 Å². The molecule has 0 amide bonds. The summed E-state index contributed by atoms with van der Waals surface area (Å²) in [6.07, 6.45) is 6.47. The smallest absolute Gasteiger partial charge is 0.323 e. The van der Waals surface area contributed by atoms with E-state index in [1.54, 1.807) is 0 Å². The summed E-state index contributed by atoms with van der Waals surface area (Å²) in [5.74, 6) is 2.21. The number of rotatable bonds is 9. The van der Waals surface area contributed by atoms with Crippen LogP contribution in [0.1, 0.15) is 80.6 Å². The van der Waals surface area contributed by atoms with Gasteiger partial charge in [0.15, 0.2) is 0 Å². The number of ether oxygens (including phenoxy) is 1. The molecule has 0 saturated heterocycles. The summed E-state index contributed by atoms with van der Waals surface area (Å²) in [7, 11) is 0. The Morgan fingerprint density at radius 3 is 2.16 bits per heavy atom. The highest BCUT2D eigenvalue weighted by Gasteiger charge is 2.28. The Labute approximate surface area is 155 Å². The third-order valence-corrected chi connectivity index (χ3v) is 5.34. The minimum Gasteiger partial charge on any atom is -0.459 e. The molecule has 0 radical (unpaired) electrons. The van der Waals surface area contributed by atoms with Crippen LogP contribution >= 0.6 is 0 Å². The molecule has 0 aliphatic heterocycles. The van der Waals surface area contributed by atoms with Gasteiger partial charge in [-0.25, -0.2) is 0 Å². The molecule has 1 aliphatic rings. The van der Waals surface area contributed by atoms with E-state index in [2.05, 4.69) is 31.4 Å². The van der Waals surface area contributed by atoms with E-state index >= 15 is 0 Å². The van der Waals surface area contributed by atoms with E-state index in [1.165, 1.54) is 32.1 Å². The van der Waals surface area contributed by atoms with Crippen molar-refractivity contribution in [2.45, 2.75) is 98.3 Å². The average molecular weight is 355 g/mol. The van der Waals surface area contributed by atoms with E-state index < -0.39 is 5.60 Å². The summed E-state index contributed by atoms with van der Waals surface area (Å²) >= 11 is 0. The highest BCUT2D eigenvalue weighted by atomic mass is 16.6. The van der Waals surface area contributed by atoms with E-state index in [4.69, 9.17) is 4.74 Å². The third kappa shape index (κ3) is 9.05. The Hall–Kier alpha value is -0.610. The minimum absolute atomic E-state index is 0.146. The van der Waals surface area contributed by atoms with E-state index in [1.807, 2.05) is 27.7 Å². The number of esters is 1. The van der Waals surface area contributed by atoms with Crippen LogP contribution in [0.15, 0.2) is 0 Å². The second-order valence-corrected chi connectivity index (χ2v) is 9.18. The number of hydrogen-bond acceptors (Lipinski definition) is 4. The summed E-state index contributed by atoms with van der Waals surface area (Å²) in [6, 6.07) is 0.347. The fourth-order valence-corrected chi connectivity index (χ4v) is 3.71. The van der Waals surface area contributed by atoms with Gasteiger partial charge in [0.25, 0.3) is 0 Å². The van der Waals surface area contributed by atoms with Crippen molar-refractivity contribution in [3.63, 3.8) is 0 Å². The Morgan fingerprint density at radius 1 is 1.08 bits per heavy atom. The van der Waals surface area contributed by atoms with Gasteiger partial charge in [0, 0.05) is 6.04 Å². The summed E-state index contributed by atoms with van der Waals surface area (Å²) in [5, 5.41) is 7.00. The van der Waals surface area contributed by atoms with Gasteiger partial charge in [-0.3, -0.25) is 4.79 Å². The molecular weight excluding hydrogens is 312 g/mol. The lowest BCUT2D eigenvalue weighted by molar-refractivity contribution is -0.157. The molecule has 2 atom stereocenters. The quantitative estimate of drug-likeness (QED) is 0.611. The molecule has 1 saturated carbocycles. The van der Waals surface area contributed by atoms with E-state index in [9.17, 15) is 4.79 Å². The summed E-state index contributed by atoms with van der Waals surface area (Å²) in [6.45, 7) is 16.5. The van der Waals surface area contributed by atoms with Gasteiger partial charge in [-0.1, -0.05) is 27.2 Å². The van der Waals surface area contributed by atoms with Crippen molar-refractivity contribution in [1.82, 2.24) is 10.6 Å². The van der Waals surface area contributed by atoms with Gasteiger partial charge in [0.2, 0.25) is 0 Å². The van der Waals surface area contributed by atoms with Crippen LogP contribution in [0.25, 0.3) is 0 Å². The van der Waals surface area contributed by atoms with E-state index in [0.29, 0.717) is 12.0 Å². The van der Waals surface area contributed by atoms with Crippen molar-refractivity contribution < 1.29 is 9.53 Å². The average Bonchev–Trinajstić information content (AvgIpc) is 2.52. The molecule has 0 spiro atoms. The van der Waals surface area contributed by atoms with Crippen molar-refractivity contribution >= 4 is 5.97 Å². The molecule has 0 aromatic rings. The maximum atomic E-state index is 12.0. The van der Waals surface area contributed by atoms with Crippen molar-refractivity contribution in [3.05, 3.63) is 0 Å². The fraction of sp³-hybridized carbons (Fsp3) is 0.952. The molecule has 2 N–H and O–H groups in total. The number of carbonyl (C=O) groups is 1. The fourth-order valence-electron chi connectivity index (χ4n) is 3.71. The topological polar surface area (TPSA) is 50.4 Å². The van der Waals surface area contributed by atoms with Gasteiger partial charge in [0.05, 0.1) is 0 Å². The van der Waals surface area contributed by atoms with Crippen molar-refractivity contribution in [1.29, 1.82) is 0 Å². The Kier molecular flexibility index (Phi) is 9.44. The van der Waals surface area contributed by atoms with Gasteiger partial charge in [-0.2, -0.15) is 0 Å². The minimum atomic E-state index is -0.412. The zero-order chi connectivity index (χ0) is 19.0. The lowest BCUT2D eigenvalue weighted by atomic mass is 9.75. The molecule has 148 valence electrons. The zero-order valence-electron chi connectivity index (χ0n) is 17.7. The first kappa shape index (κ1) is 22.4. The lowest BCUT2D eigenvalue weighted by Gasteiger charge is -2.34. The van der Waals surface area contributed by atoms with Gasteiger partial charge < -0.3 is 15.4 Å². The van der Waals surface area contributed by atoms with Crippen LogP contribution < -0.4 is 10.6 Å². The largest absolute Gasteiger partial charge is 0.459 e. The van der Waals surface area contributed by atoms with Crippen LogP contribution in [0.5, 0.6) is 0 Å². The molecule has 1 fully saturated rings. The van der Waals surface area contributed by atoms with Crippen LogP contribution in [0.2, 0.25) is 0 Å². The van der Waals surface area contributed by atoms with Gasteiger partial charge in [-0.05, 0) is 84.2 Å². The molecule has 1 unspecified atom stereocenters. The van der Waals surface area contributed by atoms with Crippen molar-refractivity contribution in [2.75, 3.05) is 13.1 Å². The second kappa shape index (κ2) is 10.5. The lowest BCUT2D eigenvalue weighted by Crippen LogP contribution is -2.42. The molecule has 1 rings (SSSR count). The second-order valence-electron chi connectivity index (χ2n) is 9.18. The molecule has 4 nitrogen and oxygen atoms in total. The van der Waals surface area contributed by atoms with Gasteiger partial charge >= 0.3 is 5.97 Å². The van der Waals surface area contributed by atoms with Crippen LogP contribution in [-0.4, -0.2) is 36.7 Å². The first-order valence-electron chi connectivity index (χ1n) is 10.3. The molecule has 0 aromatic carbocycles. The Bertz CT molecular complexity index is 382. The SMILES string of the molecule is CCC(CNC(C)C)C1CCC(CN[C@H](C)C(=O)OC(C)(C)C)CC1. The molecule has 1 aliphatic carbocycles. The van der Waals surface area contributed by atoms with E-state index in [0.717, 1.165) is 24.9 Å². The highest BCUT2D eigenvalue weighted by molar-refractivity contribution is 5.75. The number of carbonyl (C=O) groups excluding carboxylic acids is 1. The normalized spacial score (nSPS) is 24.2. The van der Waals surface area contributed by atoms with Crippen molar-refractivity contribution in [2.24, 2.45) is 17.8 Å². The first-order valence-corrected chi connectivity index (χ1v) is 10.3. The maximum Gasteiger partial charge on any atom is 0.323 e. The molecular formula is C21H42N2O2. The monoisotopic (exact) mass is 354 g/mol. The predicted molar refractivity (Wildman–Crippen MR) is 106 cm³/mol. The number of nitrogens with one attached hydrogen (secondary N) is 2. The van der Waals surface area contributed by atoms with E-state index in [-0.39, 0.29) is 12.0 Å². The molecule has 0 heterocycles. The highest BCUT2D eigenvalue weighted by Crippen LogP contribution is 2.34. The van der Waals surface area contributed by atoms with Crippen LogP contribution in [0.3, 0.4) is 0 Å². The Morgan fingerprint density at radius 2 is 1.68 bits per heavy atom. The summed E-state index contributed by atoms with van der Waals surface area (Å²) < 4.78 is 5.44. The van der Waals surface area contributed by atoms with Gasteiger partial charge in [0.1, 0.15) is 11.6 Å². The Balaban J connectivity index is 2.31. The van der Waals surface area contributed by atoms with Crippen LogP contribution in [0, 0.1) is 17.8 Å². The van der Waals surface area contributed by atoms with Crippen LogP contribution in [-0.2, 0) is 9.53 Å². The molecule has 0 bridgehead atoms.